The molecule has 1 unspecified atom stereocenters. The summed E-state index contributed by atoms with van der Waals surface area (Å²) in [7, 11) is -1.80. The molecule has 1 atom stereocenters. The summed E-state index contributed by atoms with van der Waals surface area (Å²) in [5, 5.41) is 9.20. The molecule has 23 heavy (non-hydrogen) atoms. The number of carboxylic acid groups (broad SMARTS) is 1. The molecule has 128 valence electrons. The smallest absolute Gasteiger partial charge is 0.307 e. The fraction of sp³-hybridized carbons (Fsp3) is 0.733. The molecule has 2 fully saturated rings. The fourth-order valence-corrected chi connectivity index (χ4v) is 5.09. The van der Waals surface area contributed by atoms with Crippen molar-refractivity contribution in [1.82, 2.24) is 13.9 Å². The van der Waals surface area contributed by atoms with E-state index in [1.54, 1.807) is 17.8 Å². The summed E-state index contributed by atoms with van der Waals surface area (Å²) in [5.41, 5.74) is -0.176. The molecule has 1 aliphatic heterocycles. The number of aryl methyl sites for hydroxylation is 1. The van der Waals surface area contributed by atoms with Crippen LogP contribution in [0.25, 0.3) is 0 Å². The number of hydrogen-bond acceptors (Lipinski definition) is 4. The number of aromatic nitrogens is 2. The first-order chi connectivity index (χ1) is 10.7. The van der Waals surface area contributed by atoms with Crippen molar-refractivity contribution in [2.45, 2.75) is 44.1 Å². The Morgan fingerprint density at radius 1 is 1.39 bits per heavy atom. The third-order valence-electron chi connectivity index (χ3n) is 5.22. The number of piperidine rings is 1. The van der Waals surface area contributed by atoms with Gasteiger partial charge in [-0.15, -0.1) is 0 Å². The number of imidazole rings is 1. The second-order valence-electron chi connectivity index (χ2n) is 7.06. The van der Waals surface area contributed by atoms with Crippen LogP contribution >= 0.6 is 0 Å². The van der Waals surface area contributed by atoms with Gasteiger partial charge in [0.2, 0.25) is 0 Å². The van der Waals surface area contributed by atoms with Crippen LogP contribution in [0.15, 0.2) is 11.2 Å². The van der Waals surface area contributed by atoms with Gasteiger partial charge in [0.15, 0.2) is 5.03 Å². The number of sulfonamides is 1. The van der Waals surface area contributed by atoms with Crippen molar-refractivity contribution < 1.29 is 18.3 Å². The van der Waals surface area contributed by atoms with E-state index in [9.17, 15) is 13.2 Å². The Bertz CT molecular complexity index is 730. The lowest BCUT2D eigenvalue weighted by Gasteiger charge is -2.31. The maximum absolute atomic E-state index is 12.8. The van der Waals surface area contributed by atoms with Gasteiger partial charge in [0.25, 0.3) is 10.0 Å². The summed E-state index contributed by atoms with van der Waals surface area (Å²) in [6.07, 6.45) is 3.48. The van der Waals surface area contributed by atoms with Crippen LogP contribution < -0.4 is 0 Å². The normalized spacial score (nSPS) is 24.3. The molecule has 1 saturated carbocycles. The van der Waals surface area contributed by atoms with Crippen molar-refractivity contribution in [1.29, 1.82) is 0 Å². The number of carboxylic acids is 1. The molecule has 1 aliphatic carbocycles. The van der Waals surface area contributed by atoms with Gasteiger partial charge in [-0.1, -0.05) is 13.8 Å². The van der Waals surface area contributed by atoms with Crippen LogP contribution in [0.5, 0.6) is 0 Å². The van der Waals surface area contributed by atoms with Crippen LogP contribution in [0.1, 0.15) is 44.9 Å². The highest BCUT2D eigenvalue weighted by molar-refractivity contribution is 7.89. The van der Waals surface area contributed by atoms with Crippen molar-refractivity contribution in [2.24, 2.45) is 18.4 Å². The van der Waals surface area contributed by atoms with Crippen molar-refractivity contribution in [3.8, 4) is 0 Å². The number of rotatable bonds is 4. The standard InChI is InChI=1S/C15H23N3O4S/c1-10(2)13-16-12(9-17(13)3)23(21,22)18-6-4-15(5-7-18)8-11(15)14(19)20/h9-11H,4-8H2,1-3H3,(H,19,20). The Morgan fingerprint density at radius 2 is 2.00 bits per heavy atom. The van der Waals surface area contributed by atoms with Crippen LogP contribution in [0.4, 0.5) is 0 Å². The van der Waals surface area contributed by atoms with Gasteiger partial charge in [-0.2, -0.15) is 4.31 Å². The Balaban J connectivity index is 1.75. The van der Waals surface area contributed by atoms with Crippen LogP contribution in [0, 0.1) is 11.3 Å². The summed E-state index contributed by atoms with van der Waals surface area (Å²) in [5.74, 6) is -0.163. The van der Waals surface area contributed by atoms with Gasteiger partial charge in [-0.3, -0.25) is 4.79 Å². The summed E-state index contributed by atoms with van der Waals surface area (Å²) in [6.45, 7) is 4.70. The number of nitrogens with zero attached hydrogens (tertiary/aromatic N) is 3. The second-order valence-corrected chi connectivity index (χ2v) is 8.95. The lowest BCUT2D eigenvalue weighted by atomic mass is 9.92. The predicted molar refractivity (Wildman–Crippen MR) is 83.5 cm³/mol. The van der Waals surface area contributed by atoms with Crippen LogP contribution in [-0.2, 0) is 21.9 Å². The van der Waals surface area contributed by atoms with Crippen LogP contribution in [0.2, 0.25) is 0 Å². The average Bonchev–Trinajstić information content (AvgIpc) is 3.01. The summed E-state index contributed by atoms with van der Waals surface area (Å²) < 4.78 is 28.7. The lowest BCUT2D eigenvalue weighted by Crippen LogP contribution is -2.40. The first-order valence-corrected chi connectivity index (χ1v) is 9.37. The first kappa shape index (κ1) is 16.4. The molecule has 1 aromatic heterocycles. The Labute approximate surface area is 136 Å². The molecule has 3 rings (SSSR count). The first-order valence-electron chi connectivity index (χ1n) is 7.93. The number of carbonyl (C=O) groups is 1. The van der Waals surface area contributed by atoms with E-state index in [4.69, 9.17) is 5.11 Å². The minimum Gasteiger partial charge on any atom is -0.481 e. The van der Waals surface area contributed by atoms with Crippen LogP contribution in [0.3, 0.4) is 0 Å². The van der Waals surface area contributed by atoms with Gasteiger partial charge >= 0.3 is 5.97 Å². The third kappa shape index (κ3) is 2.67. The molecular weight excluding hydrogens is 318 g/mol. The summed E-state index contributed by atoms with van der Waals surface area (Å²) in [4.78, 5) is 15.4. The van der Waals surface area contributed by atoms with Crippen molar-refractivity contribution in [3.63, 3.8) is 0 Å². The molecule has 1 aromatic rings. The zero-order valence-corrected chi connectivity index (χ0v) is 14.5. The topological polar surface area (TPSA) is 92.5 Å². The molecule has 1 saturated heterocycles. The van der Waals surface area contributed by atoms with Gasteiger partial charge in [0.1, 0.15) is 5.82 Å². The van der Waals surface area contributed by atoms with Gasteiger partial charge < -0.3 is 9.67 Å². The minimum absolute atomic E-state index is 0.0882. The van der Waals surface area contributed by atoms with E-state index in [0.717, 1.165) is 5.82 Å². The molecule has 2 aliphatic rings. The highest BCUT2D eigenvalue weighted by atomic mass is 32.2. The van der Waals surface area contributed by atoms with E-state index in [1.165, 1.54) is 4.31 Å². The third-order valence-corrected chi connectivity index (χ3v) is 6.99. The number of aliphatic carboxylic acids is 1. The molecule has 0 bridgehead atoms. The van der Waals surface area contributed by atoms with E-state index >= 15 is 0 Å². The molecule has 7 nitrogen and oxygen atoms in total. The van der Waals surface area contributed by atoms with Gasteiger partial charge in [0.05, 0.1) is 5.92 Å². The van der Waals surface area contributed by atoms with E-state index in [0.29, 0.717) is 32.4 Å². The Morgan fingerprint density at radius 3 is 2.43 bits per heavy atom. The van der Waals surface area contributed by atoms with E-state index in [-0.39, 0.29) is 22.3 Å². The molecule has 0 aromatic carbocycles. The Kier molecular flexibility index (Phi) is 3.79. The van der Waals surface area contributed by atoms with Crippen molar-refractivity contribution >= 4 is 16.0 Å². The van der Waals surface area contributed by atoms with E-state index < -0.39 is 16.0 Å². The van der Waals surface area contributed by atoms with E-state index in [2.05, 4.69) is 4.98 Å². The molecule has 1 spiro atoms. The molecule has 2 heterocycles. The maximum Gasteiger partial charge on any atom is 0.307 e. The zero-order chi connectivity index (χ0) is 17.0. The number of hydrogen-bond donors (Lipinski definition) is 1. The van der Waals surface area contributed by atoms with Gasteiger partial charge in [-0.25, -0.2) is 13.4 Å². The maximum atomic E-state index is 12.8. The zero-order valence-electron chi connectivity index (χ0n) is 13.7. The molecule has 0 amide bonds. The van der Waals surface area contributed by atoms with Crippen LogP contribution in [-0.4, -0.2) is 46.4 Å². The molecule has 8 heteroatoms. The summed E-state index contributed by atoms with van der Waals surface area (Å²) in [6, 6.07) is 0. The quantitative estimate of drug-likeness (QED) is 0.894. The molecule has 1 N–H and O–H groups in total. The van der Waals surface area contributed by atoms with E-state index in [1.807, 2.05) is 13.8 Å². The summed E-state index contributed by atoms with van der Waals surface area (Å²) >= 11 is 0. The van der Waals surface area contributed by atoms with Gasteiger partial charge in [0, 0.05) is 32.3 Å². The SMILES string of the molecule is CC(C)c1nc(S(=O)(=O)N2CCC3(CC2)CC3C(=O)O)cn1C. The van der Waals surface area contributed by atoms with Crippen molar-refractivity contribution in [2.75, 3.05) is 13.1 Å². The monoisotopic (exact) mass is 341 g/mol. The highest BCUT2D eigenvalue weighted by Gasteiger charge is 2.59. The predicted octanol–water partition coefficient (Wildman–Crippen LogP) is 1.42. The largest absolute Gasteiger partial charge is 0.481 e. The lowest BCUT2D eigenvalue weighted by molar-refractivity contribution is -0.139. The Hall–Kier alpha value is -1.41. The minimum atomic E-state index is -3.60. The van der Waals surface area contributed by atoms with Crippen molar-refractivity contribution in [3.05, 3.63) is 12.0 Å². The highest BCUT2D eigenvalue weighted by Crippen LogP contribution is 2.59. The second kappa shape index (κ2) is 5.31. The average molecular weight is 341 g/mol. The fourth-order valence-electron chi connectivity index (χ4n) is 3.67. The molecular formula is C15H23N3O4S. The van der Waals surface area contributed by atoms with Gasteiger partial charge in [-0.05, 0) is 24.7 Å². The molecule has 0 radical (unpaired) electrons.